The first-order valence-electron chi connectivity index (χ1n) is 13.0. The Morgan fingerprint density at radius 2 is 1.97 bits per heavy atom. The number of hydrogen-bond donors (Lipinski definition) is 1. The first kappa shape index (κ1) is 22.1. The zero-order valence-electron chi connectivity index (χ0n) is 19.8. The van der Waals surface area contributed by atoms with E-state index >= 15 is 0 Å². The quantitative estimate of drug-likeness (QED) is 0.592. The van der Waals surface area contributed by atoms with Gasteiger partial charge < -0.3 is 5.11 Å². The fourth-order valence-electron chi connectivity index (χ4n) is 8.73. The average Bonchev–Trinajstić information content (AvgIpc) is 3.36. The van der Waals surface area contributed by atoms with Crippen molar-refractivity contribution < 1.29 is 9.90 Å². The number of aryl methyl sites for hydroxylation is 1. The highest BCUT2D eigenvalue weighted by atomic mass is 16.3. The lowest BCUT2D eigenvalue weighted by molar-refractivity contribution is -0.132. The second kappa shape index (κ2) is 8.28. The van der Waals surface area contributed by atoms with Crippen molar-refractivity contribution in [2.45, 2.75) is 96.6 Å². The molecule has 0 bridgehead atoms. The van der Waals surface area contributed by atoms with Gasteiger partial charge in [0.2, 0.25) is 5.69 Å². The highest BCUT2D eigenvalue weighted by molar-refractivity contribution is 5.82. The molecule has 0 radical (unpaired) electrons. The minimum Gasteiger partial charge on any atom is -0.390 e. The van der Waals surface area contributed by atoms with Gasteiger partial charge in [0.25, 0.3) is 0 Å². The van der Waals surface area contributed by atoms with Crippen LogP contribution in [-0.4, -0.2) is 26.3 Å². The summed E-state index contributed by atoms with van der Waals surface area (Å²) >= 11 is 0. The third kappa shape index (κ3) is 3.83. The summed E-state index contributed by atoms with van der Waals surface area (Å²) in [5.41, 5.74) is 0.305. The summed E-state index contributed by atoms with van der Waals surface area (Å²) < 4.78 is 1.80. The molecule has 0 aliphatic heterocycles. The van der Waals surface area contributed by atoms with Crippen molar-refractivity contribution >= 4 is 11.5 Å². The minimum atomic E-state index is -0.449. The topological polar surface area (TPSA) is 59.5 Å². The number of nitrogens with zero attached hydrogens (tertiary/aromatic N) is 3. The molecule has 0 amide bonds. The summed E-state index contributed by atoms with van der Waals surface area (Å²) in [6, 6.07) is 0. The predicted octanol–water partition coefficient (Wildman–Crippen LogP) is 5.80. The second-order valence-corrected chi connectivity index (χ2v) is 12.0. The lowest BCUT2D eigenvalue weighted by atomic mass is 9.49. The highest BCUT2D eigenvalue weighted by Gasteiger charge is 2.58. The molecule has 4 aliphatic rings. The molecule has 5 heteroatoms. The lowest BCUT2D eigenvalue weighted by Crippen LogP contribution is -2.51. The predicted molar refractivity (Wildman–Crippen MR) is 124 cm³/mol. The largest absolute Gasteiger partial charge is 0.390 e. The molecule has 5 rings (SSSR count). The molecule has 4 saturated carbocycles. The van der Waals surface area contributed by atoms with E-state index in [1.54, 1.807) is 17.1 Å². The maximum absolute atomic E-state index is 13.3. The van der Waals surface area contributed by atoms with Crippen molar-refractivity contribution in [3.63, 3.8) is 0 Å². The van der Waals surface area contributed by atoms with Gasteiger partial charge >= 0.3 is 0 Å². The number of hydrogen-bond acceptors (Lipinski definition) is 3. The van der Waals surface area contributed by atoms with Gasteiger partial charge in [0.1, 0.15) is 5.78 Å². The zero-order chi connectivity index (χ0) is 22.5. The van der Waals surface area contributed by atoms with Crippen LogP contribution in [-0.2, 0) is 11.3 Å². The molecular weight excluding hydrogens is 398 g/mol. The standard InChI is InChI=1S/C27H39N3O2/c1-26(32)12-10-20-18(15-26)6-7-22-21(20)11-13-27(2)23(22)8-9-24(27)25(31)5-4-14-30-17-19(28-3)16-29-30/h16-18,20-24,32H,4-15H2,1-2H3/t18-,20+,21-,22-,23+,24-,26-,27+/m1/s1. The molecule has 0 spiro atoms. The van der Waals surface area contributed by atoms with Crippen LogP contribution in [0.5, 0.6) is 0 Å². The smallest absolute Gasteiger partial charge is 0.224 e. The maximum atomic E-state index is 13.3. The lowest BCUT2D eigenvalue weighted by Gasteiger charge is -2.56. The molecule has 174 valence electrons. The molecule has 5 nitrogen and oxygen atoms in total. The van der Waals surface area contributed by atoms with Crippen molar-refractivity contribution in [3.8, 4) is 0 Å². The average molecular weight is 438 g/mol. The van der Waals surface area contributed by atoms with E-state index in [-0.39, 0.29) is 11.3 Å². The van der Waals surface area contributed by atoms with E-state index in [0.29, 0.717) is 36.3 Å². The fourth-order valence-corrected chi connectivity index (χ4v) is 8.73. The minimum absolute atomic E-state index is 0.189. The van der Waals surface area contributed by atoms with E-state index in [0.717, 1.165) is 43.4 Å². The van der Waals surface area contributed by atoms with E-state index in [2.05, 4.69) is 16.9 Å². The second-order valence-electron chi connectivity index (χ2n) is 12.0. The summed E-state index contributed by atoms with van der Waals surface area (Å²) in [4.78, 5) is 16.7. The van der Waals surface area contributed by atoms with Crippen LogP contribution in [0.3, 0.4) is 0 Å². The van der Waals surface area contributed by atoms with E-state index in [9.17, 15) is 9.90 Å². The normalized spacial score (nSPS) is 43.1. The number of carbonyl (C=O) groups excluding carboxylic acids is 1. The number of ketones is 1. The fraction of sp³-hybridized carbons (Fsp3) is 0.815. The molecule has 0 aromatic carbocycles. The summed E-state index contributed by atoms with van der Waals surface area (Å²) in [6.45, 7) is 12.3. The monoisotopic (exact) mass is 437 g/mol. The Kier molecular flexibility index (Phi) is 5.73. The van der Waals surface area contributed by atoms with Gasteiger partial charge in [-0.15, -0.1) is 0 Å². The third-order valence-corrected chi connectivity index (χ3v) is 10.2. The van der Waals surface area contributed by atoms with Gasteiger partial charge in [0.05, 0.1) is 18.4 Å². The van der Waals surface area contributed by atoms with Crippen molar-refractivity contribution in [2.75, 3.05) is 0 Å². The molecule has 1 heterocycles. The summed E-state index contributed by atoms with van der Waals surface area (Å²) in [5.74, 6) is 4.56. The molecule has 0 unspecified atom stereocenters. The van der Waals surface area contributed by atoms with Crippen LogP contribution in [0.4, 0.5) is 5.69 Å². The molecule has 1 aromatic rings. The molecule has 0 saturated heterocycles. The number of rotatable bonds is 5. The number of aliphatic hydroxyl groups is 1. The van der Waals surface area contributed by atoms with E-state index in [4.69, 9.17) is 6.57 Å². The van der Waals surface area contributed by atoms with Gasteiger partial charge in [-0.1, -0.05) is 6.92 Å². The molecule has 1 aromatic heterocycles. The SMILES string of the molecule is [C-]#[N+]c1cnn(CCCC(=O)[C@H]2CC[C@H]3[C@@H]4CC[C@@H]5C[C@](C)(O)CC[C@@H]5[C@H]4CC[C@]23C)c1. The summed E-state index contributed by atoms with van der Waals surface area (Å²) in [5, 5.41) is 14.8. The van der Waals surface area contributed by atoms with Crippen LogP contribution >= 0.6 is 0 Å². The summed E-state index contributed by atoms with van der Waals surface area (Å²) in [6.07, 6.45) is 15.4. The van der Waals surface area contributed by atoms with Gasteiger partial charge in [-0.2, -0.15) is 5.10 Å². The molecular formula is C27H39N3O2. The van der Waals surface area contributed by atoms with Crippen LogP contribution in [0.1, 0.15) is 84.5 Å². The van der Waals surface area contributed by atoms with E-state index in [1.165, 1.54) is 38.5 Å². The molecule has 8 atom stereocenters. The van der Waals surface area contributed by atoms with Crippen molar-refractivity contribution in [3.05, 3.63) is 23.8 Å². The third-order valence-electron chi connectivity index (χ3n) is 10.2. The number of aromatic nitrogens is 2. The van der Waals surface area contributed by atoms with Crippen LogP contribution in [0, 0.1) is 47.5 Å². The first-order valence-corrected chi connectivity index (χ1v) is 13.0. The van der Waals surface area contributed by atoms with Gasteiger partial charge in [-0.05, 0) is 106 Å². The van der Waals surface area contributed by atoms with Gasteiger partial charge in [0, 0.05) is 25.1 Å². The van der Waals surface area contributed by atoms with Gasteiger partial charge in [-0.3, -0.25) is 9.48 Å². The van der Waals surface area contributed by atoms with Crippen LogP contribution in [0.2, 0.25) is 0 Å². The number of Topliss-reactive ketones (excluding diaryl/α,β-unsaturated/α-hetero) is 1. The Bertz CT molecular complexity index is 899. The van der Waals surface area contributed by atoms with Crippen molar-refractivity contribution in [2.24, 2.45) is 40.9 Å². The van der Waals surface area contributed by atoms with Gasteiger partial charge in [0.15, 0.2) is 0 Å². The Balaban J connectivity index is 1.21. The first-order chi connectivity index (χ1) is 15.3. The van der Waals surface area contributed by atoms with Gasteiger partial charge in [-0.25, -0.2) is 4.85 Å². The Labute approximate surface area is 192 Å². The van der Waals surface area contributed by atoms with Crippen LogP contribution in [0.15, 0.2) is 12.4 Å². The van der Waals surface area contributed by atoms with Crippen molar-refractivity contribution in [1.82, 2.24) is 9.78 Å². The Morgan fingerprint density at radius 3 is 2.75 bits per heavy atom. The highest BCUT2D eigenvalue weighted by Crippen LogP contribution is 2.64. The number of fused-ring (bicyclic) bond motifs is 5. The van der Waals surface area contributed by atoms with Crippen LogP contribution < -0.4 is 0 Å². The number of carbonyl (C=O) groups is 1. The zero-order valence-corrected chi connectivity index (χ0v) is 19.8. The molecule has 4 aliphatic carbocycles. The van der Waals surface area contributed by atoms with Crippen molar-refractivity contribution in [1.29, 1.82) is 0 Å². The van der Waals surface area contributed by atoms with Crippen LogP contribution in [0.25, 0.3) is 4.85 Å². The molecule has 1 N–H and O–H groups in total. The molecule has 32 heavy (non-hydrogen) atoms. The van der Waals surface area contributed by atoms with E-state index in [1.807, 2.05) is 6.92 Å². The Morgan fingerprint density at radius 1 is 1.16 bits per heavy atom. The maximum Gasteiger partial charge on any atom is 0.224 e. The molecule has 4 fully saturated rings. The van der Waals surface area contributed by atoms with E-state index < -0.39 is 5.60 Å². The summed E-state index contributed by atoms with van der Waals surface area (Å²) in [7, 11) is 0. The Hall–Kier alpha value is -1.67.